The Morgan fingerprint density at radius 2 is 1.87 bits per heavy atom. The van der Waals surface area contributed by atoms with Gasteiger partial charge in [0.1, 0.15) is 5.82 Å². The van der Waals surface area contributed by atoms with Crippen molar-refractivity contribution in [2.75, 3.05) is 25.6 Å². The molecular weight excluding hydrogens is 429 g/mol. The van der Waals surface area contributed by atoms with Crippen molar-refractivity contribution >= 4 is 40.7 Å². The number of nitrogens with one attached hydrogen (secondary N) is 2. The molecule has 0 saturated heterocycles. The van der Waals surface area contributed by atoms with E-state index in [1.54, 1.807) is 38.3 Å². The molecule has 1 aromatic heterocycles. The number of halogens is 2. The fraction of sp³-hybridized carbons (Fsp3) is 0.200. The van der Waals surface area contributed by atoms with Gasteiger partial charge in [-0.3, -0.25) is 9.59 Å². The first-order valence-electron chi connectivity index (χ1n) is 8.97. The first kappa shape index (κ1) is 21.8. The van der Waals surface area contributed by atoms with E-state index in [4.69, 9.17) is 27.9 Å². The minimum atomic E-state index is -0.567. The van der Waals surface area contributed by atoms with Crippen LogP contribution in [0.3, 0.4) is 0 Å². The average Bonchev–Trinajstić information content (AvgIpc) is 3.11. The minimum Gasteiger partial charge on any atom is -0.383 e. The topological polar surface area (TPSA) is 98.1 Å². The van der Waals surface area contributed by atoms with E-state index in [0.29, 0.717) is 35.2 Å². The number of hydrogen-bond acceptors (Lipinski definition) is 5. The molecule has 1 heterocycles. The molecule has 0 aliphatic carbocycles. The zero-order chi connectivity index (χ0) is 21.7. The fourth-order valence-corrected chi connectivity index (χ4v) is 3.03. The number of nitrogens with zero attached hydrogens (tertiary/aromatic N) is 3. The van der Waals surface area contributed by atoms with Gasteiger partial charge in [0.15, 0.2) is 0 Å². The van der Waals surface area contributed by atoms with Crippen LogP contribution in [-0.4, -0.2) is 46.8 Å². The van der Waals surface area contributed by atoms with E-state index in [1.807, 2.05) is 6.07 Å². The van der Waals surface area contributed by atoms with Crippen LogP contribution in [0.15, 0.2) is 42.5 Å². The highest BCUT2D eigenvalue weighted by Gasteiger charge is 2.18. The Labute approximate surface area is 183 Å². The standard InChI is InChI=1S/C20H19Cl2N5O3/c1-12-24-18(26-27(12)17-6-4-3-5-15(17)22)20(29)25-16-11-13(7-8-14(16)21)19(28)23-9-10-30-2/h3-8,11H,9-10H2,1-2H3,(H,23,28)(H,25,29). The highest BCUT2D eigenvalue weighted by atomic mass is 35.5. The Morgan fingerprint density at radius 3 is 2.60 bits per heavy atom. The van der Waals surface area contributed by atoms with Gasteiger partial charge < -0.3 is 15.4 Å². The molecule has 2 N–H and O–H groups in total. The number of para-hydroxylation sites is 1. The Hall–Kier alpha value is -2.94. The number of anilines is 1. The van der Waals surface area contributed by atoms with Crippen LogP contribution in [0.2, 0.25) is 10.0 Å². The third-order valence-corrected chi connectivity index (χ3v) is 4.77. The number of aromatic nitrogens is 3. The van der Waals surface area contributed by atoms with E-state index >= 15 is 0 Å². The van der Waals surface area contributed by atoms with Crippen molar-refractivity contribution < 1.29 is 14.3 Å². The van der Waals surface area contributed by atoms with E-state index in [-0.39, 0.29) is 22.4 Å². The van der Waals surface area contributed by atoms with E-state index < -0.39 is 5.91 Å². The van der Waals surface area contributed by atoms with Crippen LogP contribution in [-0.2, 0) is 4.74 Å². The third-order valence-electron chi connectivity index (χ3n) is 4.12. The molecule has 30 heavy (non-hydrogen) atoms. The van der Waals surface area contributed by atoms with E-state index in [9.17, 15) is 9.59 Å². The van der Waals surface area contributed by atoms with Crippen molar-refractivity contribution in [1.82, 2.24) is 20.1 Å². The lowest BCUT2D eigenvalue weighted by Crippen LogP contribution is -2.27. The molecular formula is C20H19Cl2N5O3. The molecule has 0 aliphatic rings. The summed E-state index contributed by atoms with van der Waals surface area (Å²) in [6.07, 6.45) is 0. The molecule has 10 heteroatoms. The maximum absolute atomic E-state index is 12.7. The summed E-state index contributed by atoms with van der Waals surface area (Å²) in [5, 5.41) is 10.4. The SMILES string of the molecule is COCCNC(=O)c1ccc(Cl)c(NC(=O)c2nc(C)n(-c3ccccc3Cl)n2)c1. The first-order chi connectivity index (χ1) is 14.4. The van der Waals surface area contributed by atoms with E-state index in [1.165, 1.54) is 16.8 Å². The lowest BCUT2D eigenvalue weighted by molar-refractivity contribution is 0.0936. The van der Waals surface area contributed by atoms with Gasteiger partial charge in [-0.05, 0) is 37.3 Å². The quantitative estimate of drug-likeness (QED) is 0.539. The van der Waals surface area contributed by atoms with Crippen LogP contribution in [0.1, 0.15) is 26.8 Å². The molecule has 0 atom stereocenters. The van der Waals surface area contributed by atoms with Gasteiger partial charge in [-0.25, -0.2) is 9.67 Å². The predicted octanol–water partition coefficient (Wildman–Crippen LogP) is 3.51. The zero-order valence-electron chi connectivity index (χ0n) is 16.3. The monoisotopic (exact) mass is 447 g/mol. The molecule has 156 valence electrons. The maximum Gasteiger partial charge on any atom is 0.295 e. The summed E-state index contributed by atoms with van der Waals surface area (Å²) >= 11 is 12.4. The molecule has 0 saturated carbocycles. The fourth-order valence-electron chi connectivity index (χ4n) is 2.65. The molecule has 8 nitrogen and oxygen atoms in total. The van der Waals surface area contributed by atoms with Gasteiger partial charge in [0.2, 0.25) is 5.82 Å². The Bertz CT molecular complexity index is 1080. The van der Waals surface area contributed by atoms with Gasteiger partial charge in [0.25, 0.3) is 11.8 Å². The maximum atomic E-state index is 12.7. The summed E-state index contributed by atoms with van der Waals surface area (Å²) in [5.74, 6) is -0.442. The van der Waals surface area contributed by atoms with E-state index in [0.717, 1.165) is 0 Å². The lowest BCUT2D eigenvalue weighted by atomic mass is 10.2. The Morgan fingerprint density at radius 1 is 1.10 bits per heavy atom. The normalized spacial score (nSPS) is 10.7. The molecule has 0 fully saturated rings. The van der Waals surface area contributed by atoms with Gasteiger partial charge in [-0.2, -0.15) is 0 Å². The van der Waals surface area contributed by atoms with Gasteiger partial charge >= 0.3 is 0 Å². The van der Waals surface area contributed by atoms with Crippen LogP contribution in [0, 0.1) is 6.92 Å². The zero-order valence-corrected chi connectivity index (χ0v) is 17.8. The second-order valence-corrected chi connectivity index (χ2v) is 7.06. The van der Waals surface area contributed by atoms with Crippen LogP contribution in [0.5, 0.6) is 0 Å². The summed E-state index contributed by atoms with van der Waals surface area (Å²) in [5.41, 5.74) is 1.22. The summed E-state index contributed by atoms with van der Waals surface area (Å²) in [4.78, 5) is 29.1. The summed E-state index contributed by atoms with van der Waals surface area (Å²) in [6.45, 7) is 2.47. The van der Waals surface area contributed by atoms with Crippen molar-refractivity contribution in [3.8, 4) is 5.69 Å². The number of carbonyl (C=O) groups is 2. The van der Waals surface area contributed by atoms with Gasteiger partial charge in [0, 0.05) is 19.2 Å². The number of rotatable bonds is 7. The Kier molecular flexibility index (Phi) is 7.04. The molecule has 2 aromatic carbocycles. The van der Waals surface area contributed by atoms with Crippen LogP contribution in [0.25, 0.3) is 5.69 Å². The highest BCUT2D eigenvalue weighted by molar-refractivity contribution is 6.34. The van der Waals surface area contributed by atoms with E-state index in [2.05, 4.69) is 20.7 Å². The van der Waals surface area contributed by atoms with Crippen molar-refractivity contribution in [3.63, 3.8) is 0 Å². The summed E-state index contributed by atoms with van der Waals surface area (Å²) in [7, 11) is 1.55. The largest absolute Gasteiger partial charge is 0.383 e. The van der Waals surface area contributed by atoms with Crippen molar-refractivity contribution in [3.05, 3.63) is 69.7 Å². The molecule has 0 aliphatic heterocycles. The second kappa shape index (κ2) is 9.71. The predicted molar refractivity (Wildman–Crippen MR) is 115 cm³/mol. The van der Waals surface area contributed by atoms with Crippen LogP contribution < -0.4 is 10.6 Å². The van der Waals surface area contributed by atoms with Gasteiger partial charge in [-0.15, -0.1) is 5.10 Å². The van der Waals surface area contributed by atoms with Crippen molar-refractivity contribution in [1.29, 1.82) is 0 Å². The molecule has 0 unspecified atom stereocenters. The molecule has 2 amide bonds. The summed E-state index contributed by atoms with van der Waals surface area (Å²) < 4.78 is 6.39. The second-order valence-electron chi connectivity index (χ2n) is 6.24. The first-order valence-corrected chi connectivity index (χ1v) is 9.73. The number of amides is 2. The van der Waals surface area contributed by atoms with Gasteiger partial charge in [-0.1, -0.05) is 35.3 Å². The summed E-state index contributed by atoms with van der Waals surface area (Å²) in [6, 6.07) is 11.7. The van der Waals surface area contributed by atoms with Crippen molar-refractivity contribution in [2.24, 2.45) is 0 Å². The molecule has 0 spiro atoms. The Balaban J connectivity index is 1.80. The molecule has 0 radical (unpaired) electrons. The number of carbonyl (C=O) groups excluding carboxylic acids is 2. The molecule has 3 aromatic rings. The van der Waals surface area contributed by atoms with Crippen molar-refractivity contribution in [2.45, 2.75) is 6.92 Å². The highest BCUT2D eigenvalue weighted by Crippen LogP contribution is 2.24. The van der Waals surface area contributed by atoms with Crippen LogP contribution in [0.4, 0.5) is 5.69 Å². The lowest BCUT2D eigenvalue weighted by Gasteiger charge is -2.09. The smallest absolute Gasteiger partial charge is 0.295 e. The number of methoxy groups -OCH3 is 1. The number of aryl methyl sites for hydroxylation is 1. The van der Waals surface area contributed by atoms with Gasteiger partial charge in [0.05, 0.1) is 28.0 Å². The minimum absolute atomic E-state index is 0.0570. The third kappa shape index (κ3) is 4.96. The van der Waals surface area contributed by atoms with Crippen LogP contribution >= 0.6 is 23.2 Å². The number of benzene rings is 2. The average molecular weight is 448 g/mol. The molecule has 3 rings (SSSR count). The number of ether oxygens (including phenoxy) is 1. The number of hydrogen-bond donors (Lipinski definition) is 2. The molecule has 0 bridgehead atoms.